The summed E-state index contributed by atoms with van der Waals surface area (Å²) in [7, 11) is 3.87. The molecule has 0 aromatic carbocycles. The molecular weight excluding hydrogens is 283 g/mol. The standard InChI is InChI=1S/C13H22F3N5/c1-9(2)18-11-8-10(13(14,15)16)19-12(20-11)17-6-5-7-21(3)4/h8-9H,5-7H2,1-4H3,(H2,17,18,19,20). The van der Waals surface area contributed by atoms with Crippen molar-refractivity contribution in [1.29, 1.82) is 0 Å². The Kier molecular flexibility index (Phi) is 6.19. The molecule has 0 aliphatic heterocycles. The van der Waals surface area contributed by atoms with E-state index >= 15 is 0 Å². The van der Waals surface area contributed by atoms with E-state index in [0.29, 0.717) is 6.54 Å². The monoisotopic (exact) mass is 305 g/mol. The summed E-state index contributed by atoms with van der Waals surface area (Å²) in [5.74, 6) is 0.161. The Morgan fingerprint density at radius 2 is 1.90 bits per heavy atom. The molecule has 0 saturated carbocycles. The molecule has 5 nitrogen and oxygen atoms in total. The van der Waals surface area contributed by atoms with Gasteiger partial charge < -0.3 is 15.5 Å². The molecule has 0 atom stereocenters. The van der Waals surface area contributed by atoms with Gasteiger partial charge in [-0.3, -0.25) is 0 Å². The lowest BCUT2D eigenvalue weighted by atomic mass is 10.3. The molecule has 0 aliphatic rings. The van der Waals surface area contributed by atoms with Crippen LogP contribution < -0.4 is 10.6 Å². The number of alkyl halides is 3. The normalized spacial score (nSPS) is 12.0. The molecule has 1 aromatic heterocycles. The Balaban J connectivity index is 2.81. The number of anilines is 2. The first kappa shape index (κ1) is 17.5. The number of nitrogens with one attached hydrogen (secondary N) is 2. The molecule has 0 fully saturated rings. The van der Waals surface area contributed by atoms with Crippen molar-refractivity contribution in [1.82, 2.24) is 14.9 Å². The maximum absolute atomic E-state index is 12.8. The third-order valence-electron chi connectivity index (χ3n) is 2.52. The highest BCUT2D eigenvalue weighted by molar-refractivity contribution is 5.43. The summed E-state index contributed by atoms with van der Waals surface area (Å²) >= 11 is 0. The van der Waals surface area contributed by atoms with Crippen LogP contribution in [0.1, 0.15) is 26.0 Å². The first-order chi connectivity index (χ1) is 9.68. The van der Waals surface area contributed by atoms with Crippen LogP contribution in [-0.4, -0.2) is 48.1 Å². The van der Waals surface area contributed by atoms with Gasteiger partial charge in [-0.15, -0.1) is 0 Å². The van der Waals surface area contributed by atoms with Crippen molar-refractivity contribution < 1.29 is 13.2 Å². The Bertz CT molecular complexity index is 446. The molecule has 1 aromatic rings. The van der Waals surface area contributed by atoms with Gasteiger partial charge in [0.1, 0.15) is 5.82 Å². The number of rotatable bonds is 7. The minimum Gasteiger partial charge on any atom is -0.368 e. The van der Waals surface area contributed by atoms with Crippen LogP contribution in [0.2, 0.25) is 0 Å². The van der Waals surface area contributed by atoms with Crippen LogP contribution in [0.25, 0.3) is 0 Å². The summed E-state index contributed by atoms with van der Waals surface area (Å²) in [6.45, 7) is 5.02. The second-order valence-corrected chi connectivity index (χ2v) is 5.34. The predicted octanol–water partition coefficient (Wildman–Crippen LogP) is 2.68. The van der Waals surface area contributed by atoms with Gasteiger partial charge >= 0.3 is 6.18 Å². The highest BCUT2D eigenvalue weighted by atomic mass is 19.4. The van der Waals surface area contributed by atoms with E-state index in [9.17, 15) is 13.2 Å². The van der Waals surface area contributed by atoms with E-state index in [1.807, 2.05) is 32.8 Å². The second-order valence-electron chi connectivity index (χ2n) is 5.34. The van der Waals surface area contributed by atoms with Crippen molar-refractivity contribution >= 4 is 11.8 Å². The average molecular weight is 305 g/mol. The molecular formula is C13H22F3N5. The van der Waals surface area contributed by atoms with Gasteiger partial charge in [0.05, 0.1) is 0 Å². The first-order valence-corrected chi connectivity index (χ1v) is 6.80. The fraction of sp³-hybridized carbons (Fsp3) is 0.692. The second kappa shape index (κ2) is 7.44. The van der Waals surface area contributed by atoms with Gasteiger partial charge in [0.15, 0.2) is 5.69 Å². The third-order valence-corrected chi connectivity index (χ3v) is 2.52. The lowest BCUT2D eigenvalue weighted by molar-refractivity contribution is -0.141. The van der Waals surface area contributed by atoms with Crippen LogP contribution in [0.5, 0.6) is 0 Å². The van der Waals surface area contributed by atoms with E-state index < -0.39 is 11.9 Å². The van der Waals surface area contributed by atoms with E-state index in [1.54, 1.807) is 0 Å². The molecule has 0 unspecified atom stereocenters. The van der Waals surface area contributed by atoms with Gasteiger partial charge in [-0.1, -0.05) is 0 Å². The van der Waals surface area contributed by atoms with E-state index in [0.717, 1.165) is 19.0 Å². The zero-order chi connectivity index (χ0) is 16.0. The summed E-state index contributed by atoms with van der Waals surface area (Å²) in [4.78, 5) is 9.59. The fourth-order valence-corrected chi connectivity index (χ4v) is 1.64. The molecule has 21 heavy (non-hydrogen) atoms. The molecule has 1 heterocycles. The van der Waals surface area contributed by atoms with Crippen molar-refractivity contribution in [3.63, 3.8) is 0 Å². The number of hydrogen-bond donors (Lipinski definition) is 2. The molecule has 0 aliphatic carbocycles. The molecule has 0 bridgehead atoms. The largest absolute Gasteiger partial charge is 0.433 e. The van der Waals surface area contributed by atoms with Crippen LogP contribution in [0, 0.1) is 0 Å². The lowest BCUT2D eigenvalue weighted by Gasteiger charge is -2.15. The molecule has 120 valence electrons. The molecule has 0 spiro atoms. The zero-order valence-corrected chi connectivity index (χ0v) is 12.8. The molecule has 8 heteroatoms. The minimum absolute atomic E-state index is 0.00766. The molecule has 0 radical (unpaired) electrons. The van der Waals surface area contributed by atoms with Gasteiger partial charge in [-0.2, -0.15) is 18.2 Å². The summed E-state index contributed by atoms with van der Waals surface area (Å²) < 4.78 is 38.5. The van der Waals surface area contributed by atoms with E-state index in [4.69, 9.17) is 0 Å². The molecule has 0 saturated heterocycles. The summed E-state index contributed by atoms with van der Waals surface area (Å²) in [6.07, 6.45) is -3.70. The van der Waals surface area contributed by atoms with Gasteiger partial charge in [0.25, 0.3) is 0 Å². The smallest absolute Gasteiger partial charge is 0.368 e. The summed E-state index contributed by atoms with van der Waals surface area (Å²) in [6, 6.07) is 0.910. The molecule has 2 N–H and O–H groups in total. The highest BCUT2D eigenvalue weighted by Crippen LogP contribution is 2.29. The molecule has 0 amide bonds. The van der Waals surface area contributed by atoms with Crippen LogP contribution in [0.4, 0.5) is 24.9 Å². The number of halogens is 3. The van der Waals surface area contributed by atoms with Crippen molar-refractivity contribution in [2.45, 2.75) is 32.5 Å². The van der Waals surface area contributed by atoms with Crippen molar-refractivity contribution in [3.8, 4) is 0 Å². The Morgan fingerprint density at radius 3 is 2.43 bits per heavy atom. The fourth-order valence-electron chi connectivity index (χ4n) is 1.64. The highest BCUT2D eigenvalue weighted by Gasteiger charge is 2.33. The average Bonchev–Trinajstić information content (AvgIpc) is 2.32. The Hall–Kier alpha value is -1.57. The van der Waals surface area contributed by atoms with Crippen LogP contribution in [0.3, 0.4) is 0 Å². The topological polar surface area (TPSA) is 53.1 Å². The quantitative estimate of drug-likeness (QED) is 0.759. The van der Waals surface area contributed by atoms with Crippen molar-refractivity contribution in [2.24, 2.45) is 0 Å². The van der Waals surface area contributed by atoms with E-state index in [-0.39, 0.29) is 17.8 Å². The maximum atomic E-state index is 12.8. The minimum atomic E-state index is -4.49. The summed E-state index contributed by atoms with van der Waals surface area (Å²) in [5, 5.41) is 5.70. The Labute approximate surface area is 123 Å². The van der Waals surface area contributed by atoms with Gasteiger partial charge in [0.2, 0.25) is 5.95 Å². The number of aromatic nitrogens is 2. The third kappa shape index (κ3) is 6.61. The van der Waals surface area contributed by atoms with Crippen LogP contribution >= 0.6 is 0 Å². The van der Waals surface area contributed by atoms with Gasteiger partial charge in [-0.25, -0.2) is 4.98 Å². The van der Waals surface area contributed by atoms with E-state index in [1.165, 1.54) is 0 Å². The first-order valence-electron chi connectivity index (χ1n) is 6.80. The zero-order valence-electron chi connectivity index (χ0n) is 12.8. The van der Waals surface area contributed by atoms with Gasteiger partial charge in [0, 0.05) is 18.7 Å². The Morgan fingerprint density at radius 1 is 1.24 bits per heavy atom. The maximum Gasteiger partial charge on any atom is 0.433 e. The molecule has 1 rings (SSSR count). The van der Waals surface area contributed by atoms with E-state index in [2.05, 4.69) is 20.6 Å². The predicted molar refractivity (Wildman–Crippen MR) is 77.5 cm³/mol. The van der Waals surface area contributed by atoms with Crippen LogP contribution in [-0.2, 0) is 6.18 Å². The lowest BCUT2D eigenvalue weighted by Crippen LogP contribution is -2.19. The SMILES string of the molecule is CC(C)Nc1cc(C(F)(F)F)nc(NCCCN(C)C)n1. The number of hydrogen-bond acceptors (Lipinski definition) is 5. The van der Waals surface area contributed by atoms with Crippen molar-refractivity contribution in [2.75, 3.05) is 37.8 Å². The van der Waals surface area contributed by atoms with Gasteiger partial charge in [-0.05, 0) is 40.9 Å². The van der Waals surface area contributed by atoms with Crippen molar-refractivity contribution in [3.05, 3.63) is 11.8 Å². The summed E-state index contributed by atoms with van der Waals surface area (Å²) in [5.41, 5.74) is -0.948. The number of nitrogens with zero attached hydrogens (tertiary/aromatic N) is 3. The van der Waals surface area contributed by atoms with Crippen LogP contribution in [0.15, 0.2) is 6.07 Å².